The summed E-state index contributed by atoms with van der Waals surface area (Å²) in [7, 11) is 0. The molecule has 3 nitrogen and oxygen atoms in total. The van der Waals surface area contributed by atoms with Gasteiger partial charge in [0.15, 0.2) is 0 Å². The first kappa shape index (κ1) is 13.1. The molecular formula is C16H16N2O. The standard InChI is InChI=1S/C16H16N2O/c17-11-14(16(18)19)15(12-7-3-1-4-8-12)13-9-5-2-6-10-13/h1-10H,11,17H2,(H2,18,19). The first-order chi connectivity index (χ1) is 9.24. The van der Waals surface area contributed by atoms with Crippen LogP contribution in [-0.4, -0.2) is 12.5 Å². The van der Waals surface area contributed by atoms with Crippen LogP contribution < -0.4 is 11.5 Å². The highest BCUT2D eigenvalue weighted by molar-refractivity contribution is 6.04. The highest BCUT2D eigenvalue weighted by Gasteiger charge is 2.14. The Bertz CT molecular complexity index is 547. The minimum atomic E-state index is -0.481. The SMILES string of the molecule is NCC(C(N)=O)=C(c1ccccc1)c1ccccc1. The highest BCUT2D eigenvalue weighted by Crippen LogP contribution is 2.26. The van der Waals surface area contributed by atoms with Crippen molar-refractivity contribution in [2.45, 2.75) is 0 Å². The van der Waals surface area contributed by atoms with E-state index in [9.17, 15) is 4.79 Å². The van der Waals surface area contributed by atoms with Gasteiger partial charge in [-0.25, -0.2) is 0 Å². The minimum absolute atomic E-state index is 0.119. The number of hydrogen-bond acceptors (Lipinski definition) is 2. The topological polar surface area (TPSA) is 69.1 Å². The van der Waals surface area contributed by atoms with Gasteiger partial charge in [-0.1, -0.05) is 60.7 Å². The van der Waals surface area contributed by atoms with Gasteiger partial charge in [0.1, 0.15) is 0 Å². The average Bonchev–Trinajstić information content (AvgIpc) is 2.46. The Morgan fingerprint density at radius 1 is 0.842 bits per heavy atom. The molecule has 0 aliphatic carbocycles. The van der Waals surface area contributed by atoms with E-state index in [1.54, 1.807) is 0 Å². The number of carbonyl (C=O) groups is 1. The van der Waals surface area contributed by atoms with Crippen LogP contribution in [0.5, 0.6) is 0 Å². The summed E-state index contributed by atoms with van der Waals surface area (Å²) in [6, 6.07) is 19.3. The zero-order valence-corrected chi connectivity index (χ0v) is 10.5. The molecule has 0 atom stereocenters. The number of amides is 1. The van der Waals surface area contributed by atoms with E-state index in [4.69, 9.17) is 11.5 Å². The van der Waals surface area contributed by atoms with Gasteiger partial charge >= 0.3 is 0 Å². The fourth-order valence-corrected chi connectivity index (χ4v) is 2.05. The van der Waals surface area contributed by atoms with E-state index < -0.39 is 5.91 Å². The van der Waals surface area contributed by atoms with Crippen LogP contribution >= 0.6 is 0 Å². The molecule has 3 heteroatoms. The summed E-state index contributed by atoms with van der Waals surface area (Å²) in [5.41, 5.74) is 14.3. The number of carbonyl (C=O) groups excluding carboxylic acids is 1. The van der Waals surface area contributed by atoms with Crippen LogP contribution in [0.3, 0.4) is 0 Å². The predicted octanol–water partition coefficient (Wildman–Crippen LogP) is 1.93. The molecule has 1 amide bonds. The lowest BCUT2D eigenvalue weighted by atomic mass is 9.92. The molecule has 0 heterocycles. The lowest BCUT2D eigenvalue weighted by Crippen LogP contribution is -2.22. The second-order valence-electron chi connectivity index (χ2n) is 4.15. The van der Waals surface area contributed by atoms with Gasteiger partial charge in [-0.3, -0.25) is 4.79 Å². The lowest BCUT2D eigenvalue weighted by molar-refractivity contribution is -0.114. The number of nitrogens with two attached hydrogens (primary N) is 2. The van der Waals surface area contributed by atoms with E-state index in [-0.39, 0.29) is 6.54 Å². The Labute approximate surface area is 112 Å². The molecule has 0 aliphatic rings. The Morgan fingerprint density at radius 2 is 1.26 bits per heavy atom. The van der Waals surface area contributed by atoms with Gasteiger partial charge in [0.2, 0.25) is 5.91 Å². The summed E-state index contributed by atoms with van der Waals surface area (Å²) in [5, 5.41) is 0. The Hall–Kier alpha value is -2.39. The van der Waals surface area contributed by atoms with Gasteiger partial charge in [0.05, 0.1) is 0 Å². The molecule has 19 heavy (non-hydrogen) atoms. The average molecular weight is 252 g/mol. The smallest absolute Gasteiger partial charge is 0.246 e. The molecule has 2 aromatic carbocycles. The van der Waals surface area contributed by atoms with Crippen LogP contribution in [0.4, 0.5) is 0 Å². The molecule has 0 saturated carbocycles. The van der Waals surface area contributed by atoms with Crippen molar-refractivity contribution in [3.05, 3.63) is 77.4 Å². The molecule has 0 fully saturated rings. The zero-order valence-electron chi connectivity index (χ0n) is 10.5. The van der Waals surface area contributed by atoms with Crippen LogP contribution in [0.15, 0.2) is 66.2 Å². The van der Waals surface area contributed by atoms with Crippen molar-refractivity contribution in [2.75, 3.05) is 6.54 Å². The third-order valence-electron chi connectivity index (χ3n) is 2.93. The van der Waals surface area contributed by atoms with Crippen molar-refractivity contribution in [1.82, 2.24) is 0 Å². The molecule has 0 bridgehead atoms. The van der Waals surface area contributed by atoms with Crippen LogP contribution in [0.25, 0.3) is 5.57 Å². The van der Waals surface area contributed by atoms with Gasteiger partial charge in [-0.2, -0.15) is 0 Å². The normalized spacial score (nSPS) is 9.95. The lowest BCUT2D eigenvalue weighted by Gasteiger charge is -2.13. The van der Waals surface area contributed by atoms with E-state index >= 15 is 0 Å². The summed E-state index contributed by atoms with van der Waals surface area (Å²) >= 11 is 0. The summed E-state index contributed by atoms with van der Waals surface area (Å²) in [4.78, 5) is 11.6. The third kappa shape index (κ3) is 2.89. The van der Waals surface area contributed by atoms with Gasteiger partial charge in [0.25, 0.3) is 0 Å². The molecule has 4 N–H and O–H groups in total. The fraction of sp³-hybridized carbons (Fsp3) is 0.0625. The van der Waals surface area contributed by atoms with Crippen molar-refractivity contribution >= 4 is 11.5 Å². The van der Waals surface area contributed by atoms with E-state index in [0.717, 1.165) is 16.7 Å². The molecule has 0 saturated heterocycles. The zero-order chi connectivity index (χ0) is 13.7. The Kier molecular flexibility index (Phi) is 4.11. The molecule has 96 valence electrons. The molecule has 0 radical (unpaired) electrons. The van der Waals surface area contributed by atoms with E-state index in [1.165, 1.54) is 0 Å². The minimum Gasteiger partial charge on any atom is -0.366 e. The third-order valence-corrected chi connectivity index (χ3v) is 2.93. The number of benzene rings is 2. The highest BCUT2D eigenvalue weighted by atomic mass is 16.1. The summed E-state index contributed by atoms with van der Waals surface area (Å²) in [5.74, 6) is -0.481. The monoisotopic (exact) mass is 252 g/mol. The van der Waals surface area contributed by atoms with E-state index in [2.05, 4.69) is 0 Å². The molecule has 0 unspecified atom stereocenters. The van der Waals surface area contributed by atoms with Crippen LogP contribution in [0, 0.1) is 0 Å². The van der Waals surface area contributed by atoms with Crippen LogP contribution in [0.2, 0.25) is 0 Å². The van der Waals surface area contributed by atoms with Crippen molar-refractivity contribution < 1.29 is 4.79 Å². The number of rotatable bonds is 4. The number of hydrogen-bond donors (Lipinski definition) is 2. The molecule has 0 spiro atoms. The quantitative estimate of drug-likeness (QED) is 0.816. The molecular weight excluding hydrogens is 236 g/mol. The maximum Gasteiger partial charge on any atom is 0.246 e. The predicted molar refractivity (Wildman–Crippen MR) is 77.2 cm³/mol. The van der Waals surface area contributed by atoms with Gasteiger partial charge in [-0.05, 0) is 16.7 Å². The van der Waals surface area contributed by atoms with Crippen molar-refractivity contribution in [3.63, 3.8) is 0 Å². The summed E-state index contributed by atoms with van der Waals surface area (Å²) in [6.45, 7) is 0.119. The summed E-state index contributed by atoms with van der Waals surface area (Å²) < 4.78 is 0. The molecule has 0 aliphatic heterocycles. The van der Waals surface area contributed by atoms with Crippen LogP contribution in [0.1, 0.15) is 11.1 Å². The molecule has 2 rings (SSSR count). The number of primary amides is 1. The second kappa shape index (κ2) is 5.98. The Balaban J connectivity index is 2.68. The van der Waals surface area contributed by atoms with Gasteiger partial charge in [0, 0.05) is 12.1 Å². The van der Waals surface area contributed by atoms with E-state index in [1.807, 2.05) is 60.7 Å². The Morgan fingerprint density at radius 3 is 1.58 bits per heavy atom. The maximum absolute atomic E-state index is 11.6. The first-order valence-corrected chi connectivity index (χ1v) is 6.08. The van der Waals surface area contributed by atoms with Gasteiger partial charge in [-0.15, -0.1) is 0 Å². The van der Waals surface area contributed by atoms with E-state index in [0.29, 0.717) is 5.57 Å². The fourth-order valence-electron chi connectivity index (χ4n) is 2.05. The first-order valence-electron chi connectivity index (χ1n) is 6.08. The molecule has 0 aromatic heterocycles. The second-order valence-corrected chi connectivity index (χ2v) is 4.15. The van der Waals surface area contributed by atoms with Crippen molar-refractivity contribution in [3.8, 4) is 0 Å². The largest absolute Gasteiger partial charge is 0.366 e. The van der Waals surface area contributed by atoms with Crippen molar-refractivity contribution in [1.29, 1.82) is 0 Å². The maximum atomic E-state index is 11.6. The summed E-state index contributed by atoms with van der Waals surface area (Å²) in [6.07, 6.45) is 0. The van der Waals surface area contributed by atoms with Crippen molar-refractivity contribution in [2.24, 2.45) is 11.5 Å². The van der Waals surface area contributed by atoms with Crippen LogP contribution in [-0.2, 0) is 4.79 Å². The molecule has 2 aromatic rings. The van der Waals surface area contributed by atoms with Gasteiger partial charge < -0.3 is 11.5 Å².